The highest BCUT2D eigenvalue weighted by molar-refractivity contribution is 7.89. The number of ether oxygens (including phenoxy) is 1. The van der Waals surface area contributed by atoms with Crippen LogP contribution in [0, 0.1) is 0 Å². The van der Waals surface area contributed by atoms with Crippen LogP contribution >= 0.6 is 0 Å². The third-order valence-corrected chi connectivity index (χ3v) is 6.89. The largest absolute Gasteiger partial charge is 0.445 e. The van der Waals surface area contributed by atoms with Gasteiger partial charge in [-0.15, -0.1) is 0 Å². The van der Waals surface area contributed by atoms with Gasteiger partial charge in [-0.25, -0.2) is 13.2 Å². The molecule has 31 heavy (non-hydrogen) atoms. The zero-order chi connectivity index (χ0) is 22.3. The van der Waals surface area contributed by atoms with E-state index in [1.165, 1.54) is 23.4 Å². The molecule has 0 bridgehead atoms. The Hall–Kier alpha value is -2.91. The Morgan fingerprint density at radius 3 is 2.45 bits per heavy atom. The van der Waals surface area contributed by atoms with E-state index in [2.05, 4.69) is 10.6 Å². The van der Waals surface area contributed by atoms with Gasteiger partial charge in [0, 0.05) is 18.8 Å². The first-order chi connectivity index (χ1) is 14.9. The second kappa shape index (κ2) is 10.4. The number of nitrogens with one attached hydrogen (secondary N) is 2. The van der Waals surface area contributed by atoms with Gasteiger partial charge in [-0.1, -0.05) is 42.8 Å². The molecule has 8 nitrogen and oxygen atoms in total. The van der Waals surface area contributed by atoms with Crippen molar-refractivity contribution in [1.29, 1.82) is 0 Å². The van der Waals surface area contributed by atoms with Crippen molar-refractivity contribution in [3.05, 3.63) is 60.2 Å². The summed E-state index contributed by atoms with van der Waals surface area (Å²) in [6, 6.07) is 14.5. The topological polar surface area (TPSA) is 105 Å². The van der Waals surface area contributed by atoms with Gasteiger partial charge in [-0.05, 0) is 43.5 Å². The highest BCUT2D eigenvalue weighted by atomic mass is 32.2. The van der Waals surface area contributed by atoms with Crippen LogP contribution in [-0.2, 0) is 26.2 Å². The molecule has 9 heteroatoms. The number of nitrogens with zero attached hydrogens (tertiary/aromatic N) is 1. The lowest BCUT2D eigenvalue weighted by molar-refractivity contribution is -0.117. The molecule has 166 valence electrons. The summed E-state index contributed by atoms with van der Waals surface area (Å²) in [5.41, 5.74) is 1.18. The number of carbonyl (C=O) groups excluding carboxylic acids is 2. The minimum absolute atomic E-state index is 0.0947. The van der Waals surface area contributed by atoms with Crippen LogP contribution in [0.5, 0.6) is 0 Å². The fourth-order valence-corrected chi connectivity index (χ4v) is 4.81. The van der Waals surface area contributed by atoms with E-state index in [9.17, 15) is 18.0 Å². The van der Waals surface area contributed by atoms with Gasteiger partial charge in [0.25, 0.3) is 0 Å². The zero-order valence-electron chi connectivity index (χ0n) is 17.4. The molecule has 2 aromatic rings. The Morgan fingerprint density at radius 2 is 1.74 bits per heavy atom. The van der Waals surface area contributed by atoms with Gasteiger partial charge in [-0.2, -0.15) is 4.31 Å². The molecule has 1 fully saturated rings. The van der Waals surface area contributed by atoms with Crippen LogP contribution in [0.3, 0.4) is 0 Å². The molecule has 0 unspecified atom stereocenters. The molecular weight excluding hydrogens is 418 g/mol. The van der Waals surface area contributed by atoms with Crippen molar-refractivity contribution in [1.82, 2.24) is 9.62 Å². The second-order valence-corrected chi connectivity index (χ2v) is 9.35. The molecule has 1 atom stereocenters. The third kappa shape index (κ3) is 6.28. The van der Waals surface area contributed by atoms with Crippen molar-refractivity contribution in [2.24, 2.45) is 0 Å². The van der Waals surface area contributed by atoms with Crippen molar-refractivity contribution in [2.45, 2.75) is 43.7 Å². The van der Waals surface area contributed by atoms with Crippen molar-refractivity contribution >= 4 is 27.7 Å². The van der Waals surface area contributed by atoms with Crippen molar-refractivity contribution in [2.75, 3.05) is 18.4 Å². The fourth-order valence-electron chi connectivity index (χ4n) is 3.25. The molecular formula is C22H27N3O5S. The normalized spacial score (nSPS) is 15.6. The van der Waals surface area contributed by atoms with E-state index < -0.39 is 28.1 Å². The zero-order valence-corrected chi connectivity index (χ0v) is 18.2. The molecule has 0 radical (unpaired) electrons. The number of rotatable bonds is 7. The predicted molar refractivity (Wildman–Crippen MR) is 117 cm³/mol. The predicted octanol–water partition coefficient (Wildman–Crippen LogP) is 3.11. The Labute approximate surface area is 182 Å². The van der Waals surface area contributed by atoms with E-state index in [1.807, 2.05) is 30.3 Å². The molecule has 2 aromatic carbocycles. The van der Waals surface area contributed by atoms with Crippen LogP contribution in [0.25, 0.3) is 0 Å². The maximum atomic E-state index is 12.8. The van der Waals surface area contributed by atoms with Crippen molar-refractivity contribution in [3.8, 4) is 0 Å². The summed E-state index contributed by atoms with van der Waals surface area (Å²) in [4.78, 5) is 24.5. The molecule has 0 spiro atoms. The Balaban J connectivity index is 1.56. The quantitative estimate of drug-likeness (QED) is 0.681. The number of piperidine rings is 1. The van der Waals surface area contributed by atoms with E-state index >= 15 is 0 Å². The van der Waals surface area contributed by atoms with E-state index in [0.717, 1.165) is 24.8 Å². The molecule has 1 saturated heterocycles. The van der Waals surface area contributed by atoms with E-state index in [-0.39, 0.29) is 11.5 Å². The number of hydrogen-bond donors (Lipinski definition) is 2. The van der Waals surface area contributed by atoms with Crippen LogP contribution in [0.2, 0.25) is 0 Å². The van der Waals surface area contributed by atoms with E-state index in [0.29, 0.717) is 18.8 Å². The molecule has 1 heterocycles. The van der Waals surface area contributed by atoms with Crippen LogP contribution in [0.4, 0.5) is 10.5 Å². The summed E-state index contributed by atoms with van der Waals surface area (Å²) in [7, 11) is -3.60. The first-order valence-corrected chi connectivity index (χ1v) is 11.7. The molecule has 2 N–H and O–H groups in total. The maximum Gasteiger partial charge on any atom is 0.408 e. The lowest BCUT2D eigenvalue weighted by Gasteiger charge is -2.26. The lowest BCUT2D eigenvalue weighted by Crippen LogP contribution is -2.41. The van der Waals surface area contributed by atoms with Crippen LogP contribution in [0.15, 0.2) is 59.5 Å². The van der Waals surface area contributed by atoms with Crippen LogP contribution in [-0.4, -0.2) is 43.9 Å². The van der Waals surface area contributed by atoms with Gasteiger partial charge in [0.05, 0.1) is 4.90 Å². The molecule has 0 aromatic heterocycles. The number of benzene rings is 2. The number of alkyl carbamates (subject to hydrolysis) is 1. The Morgan fingerprint density at radius 1 is 1.03 bits per heavy atom. The minimum atomic E-state index is -3.60. The number of sulfonamides is 1. The van der Waals surface area contributed by atoms with Gasteiger partial charge in [0.15, 0.2) is 0 Å². The summed E-state index contributed by atoms with van der Waals surface area (Å²) in [5.74, 6) is -0.482. The summed E-state index contributed by atoms with van der Waals surface area (Å²) in [6.07, 6.45) is 2.01. The van der Waals surface area contributed by atoms with Crippen LogP contribution in [0.1, 0.15) is 31.7 Å². The molecule has 3 rings (SSSR count). The average molecular weight is 446 g/mol. The number of anilines is 1. The van der Waals surface area contributed by atoms with Gasteiger partial charge in [-0.3, -0.25) is 4.79 Å². The first kappa shape index (κ1) is 22.8. The standard InChI is InChI=1S/C22H27N3O5S/c1-17(23-22(27)30-16-18-9-4-2-5-10-18)21(26)24-19-11-8-12-20(15-19)31(28,29)25-13-6-3-7-14-25/h2,4-5,8-12,15,17H,3,6-7,13-14,16H2,1H3,(H,23,27)(H,24,26)/t17-/m0/s1. The molecule has 2 amide bonds. The van der Waals surface area contributed by atoms with Crippen molar-refractivity contribution in [3.63, 3.8) is 0 Å². The summed E-state index contributed by atoms with van der Waals surface area (Å²) in [6.45, 7) is 2.63. The monoisotopic (exact) mass is 445 g/mol. The minimum Gasteiger partial charge on any atom is -0.445 e. The number of carbonyl (C=O) groups is 2. The third-order valence-electron chi connectivity index (χ3n) is 4.99. The van der Waals surface area contributed by atoms with Crippen molar-refractivity contribution < 1.29 is 22.7 Å². The lowest BCUT2D eigenvalue weighted by atomic mass is 10.2. The highest BCUT2D eigenvalue weighted by Crippen LogP contribution is 2.23. The van der Waals surface area contributed by atoms with Gasteiger partial charge >= 0.3 is 6.09 Å². The van der Waals surface area contributed by atoms with E-state index in [4.69, 9.17) is 4.74 Å². The SMILES string of the molecule is C[C@H](NC(=O)OCc1ccccc1)C(=O)Nc1cccc(S(=O)(=O)N2CCCCC2)c1. The molecule has 0 saturated carbocycles. The maximum absolute atomic E-state index is 12.8. The van der Waals surface area contributed by atoms with Gasteiger partial charge < -0.3 is 15.4 Å². The van der Waals surface area contributed by atoms with E-state index in [1.54, 1.807) is 12.1 Å². The smallest absolute Gasteiger partial charge is 0.408 e. The summed E-state index contributed by atoms with van der Waals surface area (Å²) >= 11 is 0. The first-order valence-electron chi connectivity index (χ1n) is 10.2. The summed E-state index contributed by atoms with van der Waals surface area (Å²) in [5, 5.41) is 5.11. The molecule has 1 aliphatic heterocycles. The number of hydrogen-bond acceptors (Lipinski definition) is 5. The fraction of sp³-hybridized carbons (Fsp3) is 0.364. The van der Waals surface area contributed by atoms with Gasteiger partial charge in [0.1, 0.15) is 12.6 Å². The second-order valence-electron chi connectivity index (χ2n) is 7.41. The Kier molecular flexibility index (Phi) is 7.64. The number of amides is 2. The highest BCUT2D eigenvalue weighted by Gasteiger charge is 2.26. The van der Waals surface area contributed by atoms with Gasteiger partial charge in [0.2, 0.25) is 15.9 Å². The molecule has 1 aliphatic rings. The van der Waals surface area contributed by atoms with Crippen LogP contribution < -0.4 is 10.6 Å². The Bertz CT molecular complexity index is 1000. The molecule has 0 aliphatic carbocycles. The average Bonchev–Trinajstić information content (AvgIpc) is 2.79. The summed E-state index contributed by atoms with van der Waals surface area (Å²) < 4.78 is 32.3.